The number of rotatable bonds is 8. The number of benzene rings is 2. The third kappa shape index (κ3) is 8.21. The van der Waals surface area contributed by atoms with E-state index in [0.717, 1.165) is 40.2 Å². The van der Waals surface area contributed by atoms with Crippen molar-refractivity contribution in [1.29, 1.82) is 0 Å². The summed E-state index contributed by atoms with van der Waals surface area (Å²) >= 11 is 8.76. The maximum atomic E-state index is 5.34. The quantitative estimate of drug-likeness (QED) is 0.337. The number of methoxy groups -OCH3 is 1. The van der Waals surface area contributed by atoms with Gasteiger partial charge >= 0.3 is 0 Å². The number of halogens is 1. The van der Waals surface area contributed by atoms with E-state index in [1.165, 1.54) is 0 Å². The molecular weight excluding hydrogens is 436 g/mol. The van der Waals surface area contributed by atoms with Crippen LogP contribution < -0.4 is 15.5 Å². The summed E-state index contributed by atoms with van der Waals surface area (Å²) in [5.74, 6) is 0.838. The summed E-state index contributed by atoms with van der Waals surface area (Å²) in [6, 6.07) is 15.7. The fourth-order valence-electron chi connectivity index (χ4n) is 2.24. The van der Waals surface area contributed by atoms with Crippen molar-refractivity contribution >= 4 is 50.7 Å². The highest BCUT2D eigenvalue weighted by Crippen LogP contribution is 2.14. The molecule has 0 aliphatic carbocycles. The summed E-state index contributed by atoms with van der Waals surface area (Å²) in [7, 11) is 5.74. The molecule has 0 radical (unpaired) electrons. The number of anilines is 1. The second kappa shape index (κ2) is 11.6. The van der Waals surface area contributed by atoms with Crippen molar-refractivity contribution in [3.8, 4) is 5.75 Å². The average Bonchev–Trinajstić information content (AvgIpc) is 2.69. The molecule has 28 heavy (non-hydrogen) atoms. The largest absolute Gasteiger partial charge is 0.497 e. The predicted molar refractivity (Wildman–Crippen MR) is 126 cm³/mol. The Morgan fingerprint density at radius 1 is 1.14 bits per heavy atom. The number of hydrazone groups is 1. The number of allylic oxidation sites excluding steroid dienone is 1. The molecule has 0 atom stereocenters. The SMILES string of the molecule is COc1ccc(/C=C/C(CCN(C)C)=N/NC(=S)Nc2ccc(Br)cc2)cc1. The van der Waals surface area contributed by atoms with Crippen LogP contribution in [0, 0.1) is 0 Å². The van der Waals surface area contributed by atoms with Gasteiger partial charge in [0.1, 0.15) is 5.75 Å². The first-order valence-corrected chi connectivity index (χ1v) is 10.0. The van der Waals surface area contributed by atoms with Crippen molar-refractivity contribution in [3.63, 3.8) is 0 Å². The van der Waals surface area contributed by atoms with Gasteiger partial charge in [-0.05, 0) is 74.4 Å². The molecule has 0 aliphatic rings. The molecule has 0 saturated heterocycles. The van der Waals surface area contributed by atoms with E-state index in [9.17, 15) is 0 Å². The average molecular weight is 461 g/mol. The first-order valence-electron chi connectivity index (χ1n) is 8.82. The Hall–Kier alpha value is -2.22. The Morgan fingerprint density at radius 2 is 1.82 bits per heavy atom. The molecule has 0 aromatic heterocycles. The second-order valence-electron chi connectivity index (χ2n) is 6.34. The molecule has 0 amide bonds. The van der Waals surface area contributed by atoms with Gasteiger partial charge in [0.2, 0.25) is 0 Å². The van der Waals surface area contributed by atoms with E-state index >= 15 is 0 Å². The molecule has 0 heterocycles. The number of nitrogens with zero attached hydrogens (tertiary/aromatic N) is 2. The van der Waals surface area contributed by atoms with Gasteiger partial charge in [-0.15, -0.1) is 0 Å². The van der Waals surface area contributed by atoms with E-state index in [1.54, 1.807) is 7.11 Å². The van der Waals surface area contributed by atoms with Gasteiger partial charge in [-0.25, -0.2) is 0 Å². The summed E-state index contributed by atoms with van der Waals surface area (Å²) in [4.78, 5) is 2.12. The van der Waals surface area contributed by atoms with Gasteiger partial charge in [0.05, 0.1) is 12.8 Å². The second-order valence-corrected chi connectivity index (χ2v) is 7.66. The fraction of sp³-hybridized carbons (Fsp3) is 0.238. The van der Waals surface area contributed by atoms with E-state index in [2.05, 4.69) is 36.7 Å². The maximum Gasteiger partial charge on any atom is 0.191 e. The van der Waals surface area contributed by atoms with E-state index < -0.39 is 0 Å². The molecular formula is C21H25BrN4OS. The molecule has 5 nitrogen and oxygen atoms in total. The lowest BCUT2D eigenvalue weighted by molar-refractivity contribution is 0.415. The van der Waals surface area contributed by atoms with Crippen LogP contribution in [0.1, 0.15) is 12.0 Å². The van der Waals surface area contributed by atoms with Crippen molar-refractivity contribution in [2.24, 2.45) is 5.10 Å². The number of nitrogens with one attached hydrogen (secondary N) is 2. The topological polar surface area (TPSA) is 48.9 Å². The lowest BCUT2D eigenvalue weighted by Gasteiger charge is -2.11. The molecule has 2 aromatic carbocycles. The van der Waals surface area contributed by atoms with E-state index in [0.29, 0.717) is 5.11 Å². The maximum absolute atomic E-state index is 5.34. The molecule has 0 aliphatic heterocycles. The first-order chi connectivity index (χ1) is 13.5. The molecule has 7 heteroatoms. The lowest BCUT2D eigenvalue weighted by atomic mass is 10.1. The standard InChI is InChI=1S/C21H25BrN4OS/c1-26(2)15-14-19(9-4-16-5-12-20(27-3)13-6-16)24-25-21(28)23-18-10-7-17(22)8-11-18/h4-13H,14-15H2,1-3H3,(H2,23,25,28)/b9-4+,24-19-. The fourth-order valence-corrected chi connectivity index (χ4v) is 2.66. The monoisotopic (exact) mass is 460 g/mol. The van der Waals surface area contributed by atoms with Gasteiger partial charge in [0, 0.05) is 23.1 Å². The molecule has 148 valence electrons. The number of hydrogen-bond acceptors (Lipinski definition) is 4. The molecule has 0 bridgehead atoms. The van der Waals surface area contributed by atoms with Crippen LogP contribution in [0.3, 0.4) is 0 Å². The van der Waals surface area contributed by atoms with E-state index in [4.69, 9.17) is 17.0 Å². The summed E-state index contributed by atoms with van der Waals surface area (Å²) < 4.78 is 6.21. The highest BCUT2D eigenvalue weighted by Gasteiger charge is 2.01. The summed E-state index contributed by atoms with van der Waals surface area (Å²) in [6.45, 7) is 0.889. The van der Waals surface area contributed by atoms with Gasteiger partial charge < -0.3 is 15.0 Å². The smallest absolute Gasteiger partial charge is 0.191 e. The highest BCUT2D eigenvalue weighted by molar-refractivity contribution is 9.10. The summed E-state index contributed by atoms with van der Waals surface area (Å²) in [6.07, 6.45) is 4.83. The highest BCUT2D eigenvalue weighted by atomic mass is 79.9. The van der Waals surface area contributed by atoms with Crippen LogP contribution in [-0.2, 0) is 0 Å². The zero-order chi connectivity index (χ0) is 20.4. The van der Waals surface area contributed by atoms with Gasteiger partial charge in [-0.1, -0.05) is 34.1 Å². The van der Waals surface area contributed by atoms with Crippen LogP contribution in [0.2, 0.25) is 0 Å². The Morgan fingerprint density at radius 3 is 2.43 bits per heavy atom. The van der Waals surface area contributed by atoms with Crippen LogP contribution in [0.5, 0.6) is 5.75 Å². The molecule has 2 aromatic rings. The number of thiocarbonyl (C=S) groups is 1. The summed E-state index contributed by atoms with van der Waals surface area (Å²) in [5.41, 5.74) is 5.82. The van der Waals surface area contributed by atoms with Crippen molar-refractivity contribution in [2.75, 3.05) is 33.1 Å². The Labute approximate surface area is 180 Å². The number of hydrogen-bond donors (Lipinski definition) is 2. The summed E-state index contributed by atoms with van der Waals surface area (Å²) in [5, 5.41) is 8.04. The normalized spacial score (nSPS) is 11.7. The lowest BCUT2D eigenvalue weighted by Crippen LogP contribution is -2.25. The third-order valence-corrected chi connectivity index (χ3v) is 4.52. The molecule has 2 N–H and O–H groups in total. The van der Waals surface area contributed by atoms with E-state index in [-0.39, 0.29) is 0 Å². The zero-order valence-electron chi connectivity index (χ0n) is 16.3. The van der Waals surface area contributed by atoms with Crippen molar-refractivity contribution in [2.45, 2.75) is 6.42 Å². The first kappa shape index (κ1) is 22.1. The zero-order valence-corrected chi connectivity index (χ0v) is 18.7. The molecule has 0 unspecified atom stereocenters. The van der Waals surface area contributed by atoms with Crippen LogP contribution in [0.4, 0.5) is 5.69 Å². The molecule has 2 rings (SSSR count). The van der Waals surface area contributed by atoms with Crippen LogP contribution in [0.25, 0.3) is 6.08 Å². The minimum atomic E-state index is 0.447. The third-order valence-electron chi connectivity index (χ3n) is 3.80. The Balaban J connectivity index is 2.02. The van der Waals surface area contributed by atoms with Gasteiger partial charge in [-0.3, -0.25) is 5.43 Å². The Kier molecular flexibility index (Phi) is 9.13. The van der Waals surface area contributed by atoms with E-state index in [1.807, 2.05) is 74.8 Å². The van der Waals surface area contributed by atoms with Crippen LogP contribution in [-0.4, -0.2) is 43.5 Å². The number of ether oxygens (including phenoxy) is 1. The van der Waals surface area contributed by atoms with Crippen LogP contribution in [0.15, 0.2) is 64.2 Å². The van der Waals surface area contributed by atoms with Crippen LogP contribution >= 0.6 is 28.1 Å². The van der Waals surface area contributed by atoms with Crippen molar-refractivity contribution in [3.05, 3.63) is 64.6 Å². The molecule has 0 saturated carbocycles. The molecule has 0 spiro atoms. The van der Waals surface area contributed by atoms with Gasteiger partial charge in [-0.2, -0.15) is 5.10 Å². The van der Waals surface area contributed by atoms with Crippen molar-refractivity contribution < 1.29 is 4.74 Å². The van der Waals surface area contributed by atoms with Gasteiger partial charge in [0.15, 0.2) is 5.11 Å². The van der Waals surface area contributed by atoms with Gasteiger partial charge in [0.25, 0.3) is 0 Å². The minimum absolute atomic E-state index is 0.447. The minimum Gasteiger partial charge on any atom is -0.497 e. The van der Waals surface area contributed by atoms with Crippen molar-refractivity contribution in [1.82, 2.24) is 10.3 Å². The molecule has 0 fully saturated rings. The predicted octanol–water partition coefficient (Wildman–Crippen LogP) is 4.77. The Bertz CT molecular complexity index is 817.